The molecule has 2 heterocycles. The Kier molecular flexibility index (Phi) is 6.17. The maximum Gasteiger partial charge on any atom is 0.251 e. The molecule has 0 unspecified atom stereocenters. The first-order valence-electron chi connectivity index (χ1n) is 10.1. The van der Waals surface area contributed by atoms with E-state index in [1.54, 1.807) is 12.4 Å². The molecule has 0 spiro atoms. The number of carbonyl (C=O) groups excluding carboxylic acids is 1. The first-order chi connectivity index (χ1) is 14.3. The van der Waals surface area contributed by atoms with Crippen LogP contribution < -0.4 is 10.2 Å². The number of rotatable bonds is 6. The van der Waals surface area contributed by atoms with Gasteiger partial charge in [0.15, 0.2) is 0 Å². The van der Waals surface area contributed by atoms with Crippen LogP contribution in [0.15, 0.2) is 79.1 Å². The molecule has 0 atom stereocenters. The normalized spacial score (nSPS) is 14.6. The van der Waals surface area contributed by atoms with E-state index in [0.29, 0.717) is 12.1 Å². The number of carbonyl (C=O) groups is 1. The number of piperazine rings is 1. The fourth-order valence-corrected chi connectivity index (χ4v) is 3.61. The Morgan fingerprint density at radius 3 is 2.31 bits per heavy atom. The summed E-state index contributed by atoms with van der Waals surface area (Å²) in [6.07, 6.45) is 3.49. The van der Waals surface area contributed by atoms with Gasteiger partial charge in [0, 0.05) is 62.9 Å². The largest absolute Gasteiger partial charge is 0.369 e. The van der Waals surface area contributed by atoms with Crippen LogP contribution in [-0.2, 0) is 13.1 Å². The van der Waals surface area contributed by atoms with E-state index in [2.05, 4.69) is 62.6 Å². The van der Waals surface area contributed by atoms with Gasteiger partial charge in [0.05, 0.1) is 0 Å². The lowest BCUT2D eigenvalue weighted by Gasteiger charge is -2.36. The molecule has 1 aromatic heterocycles. The SMILES string of the molecule is O=C(NCc1cccnc1)c1ccc(CN2CCN(c3ccccc3)CC2)cc1. The Hall–Kier alpha value is -3.18. The number of anilines is 1. The molecule has 1 saturated heterocycles. The summed E-state index contributed by atoms with van der Waals surface area (Å²) in [5.74, 6) is -0.0584. The lowest BCUT2D eigenvalue weighted by molar-refractivity contribution is 0.0951. The second-order valence-electron chi connectivity index (χ2n) is 7.34. The van der Waals surface area contributed by atoms with Gasteiger partial charge in [-0.1, -0.05) is 36.4 Å². The molecule has 5 nitrogen and oxygen atoms in total. The summed E-state index contributed by atoms with van der Waals surface area (Å²) >= 11 is 0. The van der Waals surface area contributed by atoms with Crippen LogP contribution >= 0.6 is 0 Å². The predicted molar refractivity (Wildman–Crippen MR) is 116 cm³/mol. The van der Waals surface area contributed by atoms with Crippen LogP contribution in [0.3, 0.4) is 0 Å². The van der Waals surface area contributed by atoms with Crippen molar-refractivity contribution in [3.05, 3.63) is 95.8 Å². The molecule has 1 amide bonds. The third kappa shape index (κ3) is 5.21. The fraction of sp³-hybridized carbons (Fsp3) is 0.250. The number of aromatic nitrogens is 1. The Bertz CT molecular complexity index is 905. The van der Waals surface area contributed by atoms with Crippen molar-refractivity contribution in [2.75, 3.05) is 31.1 Å². The molecule has 0 saturated carbocycles. The molecule has 29 heavy (non-hydrogen) atoms. The monoisotopic (exact) mass is 386 g/mol. The molecule has 4 rings (SSSR count). The van der Waals surface area contributed by atoms with Gasteiger partial charge in [0.1, 0.15) is 0 Å². The second kappa shape index (κ2) is 9.34. The fourth-order valence-electron chi connectivity index (χ4n) is 3.61. The van der Waals surface area contributed by atoms with Crippen molar-refractivity contribution in [1.82, 2.24) is 15.2 Å². The highest BCUT2D eigenvalue weighted by molar-refractivity contribution is 5.94. The molecule has 1 N–H and O–H groups in total. The second-order valence-corrected chi connectivity index (χ2v) is 7.34. The van der Waals surface area contributed by atoms with E-state index in [-0.39, 0.29) is 5.91 Å². The zero-order valence-electron chi connectivity index (χ0n) is 16.5. The van der Waals surface area contributed by atoms with Crippen LogP contribution in [0.2, 0.25) is 0 Å². The highest BCUT2D eigenvalue weighted by Crippen LogP contribution is 2.17. The van der Waals surface area contributed by atoms with Gasteiger partial charge in [-0.3, -0.25) is 14.7 Å². The summed E-state index contributed by atoms with van der Waals surface area (Å²) in [5, 5.41) is 2.94. The number of hydrogen-bond donors (Lipinski definition) is 1. The zero-order chi connectivity index (χ0) is 19.9. The molecular formula is C24H26N4O. The van der Waals surface area contributed by atoms with Crippen molar-refractivity contribution in [1.29, 1.82) is 0 Å². The van der Waals surface area contributed by atoms with Gasteiger partial charge in [-0.2, -0.15) is 0 Å². The molecule has 148 valence electrons. The number of nitrogens with one attached hydrogen (secondary N) is 1. The van der Waals surface area contributed by atoms with Gasteiger partial charge >= 0.3 is 0 Å². The molecule has 1 aliphatic heterocycles. The van der Waals surface area contributed by atoms with Crippen molar-refractivity contribution in [2.24, 2.45) is 0 Å². The number of nitrogens with zero attached hydrogens (tertiary/aromatic N) is 3. The molecule has 3 aromatic rings. The van der Waals surface area contributed by atoms with Crippen LogP contribution in [0.25, 0.3) is 0 Å². The van der Waals surface area contributed by atoms with Crippen molar-refractivity contribution in [3.8, 4) is 0 Å². The summed E-state index contributed by atoms with van der Waals surface area (Å²) in [5.41, 5.74) is 4.22. The van der Waals surface area contributed by atoms with Crippen LogP contribution in [0.1, 0.15) is 21.5 Å². The van der Waals surface area contributed by atoms with E-state index in [1.807, 2.05) is 24.3 Å². The number of amides is 1. The summed E-state index contributed by atoms with van der Waals surface area (Å²) < 4.78 is 0. The third-order valence-corrected chi connectivity index (χ3v) is 5.29. The topological polar surface area (TPSA) is 48.5 Å². The van der Waals surface area contributed by atoms with E-state index in [4.69, 9.17) is 0 Å². The average molecular weight is 386 g/mol. The summed E-state index contributed by atoms with van der Waals surface area (Å²) in [6.45, 7) is 5.57. The van der Waals surface area contributed by atoms with E-state index in [9.17, 15) is 4.79 Å². The average Bonchev–Trinajstić information content (AvgIpc) is 2.80. The van der Waals surface area contributed by atoms with Crippen LogP contribution in [-0.4, -0.2) is 42.0 Å². The van der Waals surface area contributed by atoms with E-state index >= 15 is 0 Å². The van der Waals surface area contributed by atoms with E-state index in [1.165, 1.54) is 11.3 Å². The Morgan fingerprint density at radius 1 is 0.862 bits per heavy atom. The van der Waals surface area contributed by atoms with E-state index in [0.717, 1.165) is 38.3 Å². The van der Waals surface area contributed by atoms with Gasteiger partial charge < -0.3 is 10.2 Å². The summed E-state index contributed by atoms with van der Waals surface area (Å²) in [6, 6.07) is 22.4. The summed E-state index contributed by atoms with van der Waals surface area (Å²) in [7, 11) is 0. The smallest absolute Gasteiger partial charge is 0.251 e. The number of para-hydroxylation sites is 1. The number of hydrogen-bond acceptors (Lipinski definition) is 4. The standard InChI is InChI=1S/C24H26N4O/c29-24(26-18-21-5-4-12-25-17-21)22-10-8-20(9-11-22)19-27-13-15-28(16-14-27)23-6-2-1-3-7-23/h1-12,17H,13-16,18-19H2,(H,26,29). The highest BCUT2D eigenvalue weighted by atomic mass is 16.1. The van der Waals surface area contributed by atoms with Crippen molar-refractivity contribution >= 4 is 11.6 Å². The van der Waals surface area contributed by atoms with Crippen LogP contribution in [0, 0.1) is 0 Å². The highest BCUT2D eigenvalue weighted by Gasteiger charge is 2.17. The third-order valence-electron chi connectivity index (χ3n) is 5.29. The van der Waals surface area contributed by atoms with Crippen molar-refractivity contribution in [2.45, 2.75) is 13.1 Å². The van der Waals surface area contributed by atoms with Gasteiger partial charge in [0.25, 0.3) is 5.91 Å². The molecule has 5 heteroatoms. The lowest BCUT2D eigenvalue weighted by atomic mass is 10.1. The minimum absolute atomic E-state index is 0.0584. The minimum atomic E-state index is -0.0584. The van der Waals surface area contributed by atoms with Gasteiger partial charge in [-0.25, -0.2) is 0 Å². The first kappa shape index (κ1) is 19.2. The van der Waals surface area contributed by atoms with Gasteiger partial charge in [-0.05, 0) is 41.5 Å². The number of pyridine rings is 1. The van der Waals surface area contributed by atoms with Gasteiger partial charge in [0.2, 0.25) is 0 Å². The van der Waals surface area contributed by atoms with Gasteiger partial charge in [-0.15, -0.1) is 0 Å². The molecular weight excluding hydrogens is 360 g/mol. The number of benzene rings is 2. The zero-order valence-corrected chi connectivity index (χ0v) is 16.5. The maximum absolute atomic E-state index is 12.3. The van der Waals surface area contributed by atoms with Crippen molar-refractivity contribution in [3.63, 3.8) is 0 Å². The molecule has 1 aliphatic rings. The van der Waals surface area contributed by atoms with E-state index < -0.39 is 0 Å². The predicted octanol–water partition coefficient (Wildman–Crippen LogP) is 3.33. The molecule has 0 bridgehead atoms. The van der Waals surface area contributed by atoms with Crippen molar-refractivity contribution < 1.29 is 4.79 Å². The first-order valence-corrected chi connectivity index (χ1v) is 10.1. The van der Waals surface area contributed by atoms with Crippen LogP contribution in [0.5, 0.6) is 0 Å². The quantitative estimate of drug-likeness (QED) is 0.706. The minimum Gasteiger partial charge on any atom is -0.369 e. The maximum atomic E-state index is 12.3. The Balaban J connectivity index is 1.26. The Morgan fingerprint density at radius 2 is 1.62 bits per heavy atom. The lowest BCUT2D eigenvalue weighted by Crippen LogP contribution is -2.45. The molecule has 0 aliphatic carbocycles. The Labute approximate surface area is 172 Å². The summed E-state index contributed by atoms with van der Waals surface area (Å²) in [4.78, 5) is 21.3. The van der Waals surface area contributed by atoms with Crippen LogP contribution in [0.4, 0.5) is 5.69 Å². The molecule has 0 radical (unpaired) electrons. The molecule has 2 aromatic carbocycles. The molecule has 1 fully saturated rings.